The summed E-state index contributed by atoms with van der Waals surface area (Å²) in [5, 5.41) is 10.8. The fourth-order valence-electron chi connectivity index (χ4n) is 6.33. The molecule has 0 aromatic heterocycles. The quantitative estimate of drug-likeness (QED) is 0.0962. The summed E-state index contributed by atoms with van der Waals surface area (Å²) in [4.78, 5) is 75.3. The van der Waals surface area contributed by atoms with Crippen molar-refractivity contribution in [2.45, 2.75) is 19.3 Å². The molecule has 1 heterocycles. The maximum atomic E-state index is 13.1. The first-order valence-corrected chi connectivity index (χ1v) is 13.5. The number of carbonyl (C=O) groups is 5. The number of fused-ring (bicyclic) bond motifs is 5. The molecular weight excluding hydrogens is 544 g/mol. The third-order valence-electron chi connectivity index (χ3n) is 8.30. The fourth-order valence-corrected chi connectivity index (χ4v) is 6.33. The molecule has 3 aromatic rings. The molecule has 4 atom stereocenters. The molecule has 0 spiro atoms. The third kappa shape index (κ3) is 4.83. The number of ketones is 1. The number of amides is 2. The van der Waals surface area contributed by atoms with E-state index in [1.807, 2.05) is 0 Å². The SMILES string of the molecule is O=C(COC(=O)c1cccc(N2C(=O)C3C4CCC(C4)C3C2=O)c1)c1ccc(OC(=O)c2ccc([N+](=O)[O-])cc2)cc1. The molecule has 11 heteroatoms. The van der Waals surface area contributed by atoms with E-state index in [9.17, 15) is 34.1 Å². The Hall–Kier alpha value is -5.19. The molecule has 42 heavy (non-hydrogen) atoms. The molecule has 6 rings (SSSR count). The molecule has 0 radical (unpaired) electrons. The summed E-state index contributed by atoms with van der Waals surface area (Å²) in [6.07, 6.45) is 2.86. The van der Waals surface area contributed by atoms with E-state index in [4.69, 9.17) is 9.47 Å². The number of esters is 2. The molecule has 212 valence electrons. The zero-order chi connectivity index (χ0) is 29.5. The number of benzene rings is 3. The highest BCUT2D eigenvalue weighted by molar-refractivity contribution is 6.22. The average Bonchev–Trinajstić information content (AvgIpc) is 3.69. The van der Waals surface area contributed by atoms with Crippen molar-refractivity contribution in [2.24, 2.45) is 23.7 Å². The van der Waals surface area contributed by atoms with Crippen molar-refractivity contribution in [2.75, 3.05) is 11.5 Å². The number of hydrogen-bond acceptors (Lipinski definition) is 9. The van der Waals surface area contributed by atoms with Gasteiger partial charge in [-0.05, 0) is 85.7 Å². The largest absolute Gasteiger partial charge is 0.454 e. The zero-order valence-corrected chi connectivity index (χ0v) is 22.1. The predicted octanol–water partition coefficient (Wildman–Crippen LogP) is 4.39. The van der Waals surface area contributed by atoms with Gasteiger partial charge in [-0.2, -0.15) is 0 Å². The Morgan fingerprint density at radius 2 is 1.43 bits per heavy atom. The maximum absolute atomic E-state index is 13.1. The fraction of sp³-hybridized carbons (Fsp3) is 0.258. The van der Waals surface area contributed by atoms with Gasteiger partial charge in [-0.25, -0.2) is 9.59 Å². The number of non-ortho nitro benzene ring substituents is 1. The van der Waals surface area contributed by atoms with Crippen molar-refractivity contribution in [3.8, 4) is 5.75 Å². The van der Waals surface area contributed by atoms with E-state index in [2.05, 4.69) is 0 Å². The van der Waals surface area contributed by atoms with Gasteiger partial charge in [0.05, 0.1) is 33.6 Å². The van der Waals surface area contributed by atoms with Crippen LogP contribution in [0.4, 0.5) is 11.4 Å². The van der Waals surface area contributed by atoms with Crippen LogP contribution in [0.25, 0.3) is 0 Å². The number of anilines is 1. The molecule has 2 bridgehead atoms. The minimum absolute atomic E-state index is 0.106. The number of nitro groups is 1. The van der Waals surface area contributed by atoms with E-state index in [-0.39, 0.29) is 63.6 Å². The monoisotopic (exact) mass is 568 g/mol. The van der Waals surface area contributed by atoms with Gasteiger partial charge in [0.2, 0.25) is 11.8 Å². The first kappa shape index (κ1) is 27.0. The van der Waals surface area contributed by atoms with Crippen LogP contribution in [-0.4, -0.2) is 41.1 Å². The molecule has 2 aliphatic carbocycles. The lowest BCUT2D eigenvalue weighted by molar-refractivity contribution is -0.384. The summed E-state index contributed by atoms with van der Waals surface area (Å²) in [5.74, 6) is -2.34. The van der Waals surface area contributed by atoms with Crippen LogP contribution in [0.5, 0.6) is 5.75 Å². The van der Waals surface area contributed by atoms with Crippen molar-refractivity contribution in [3.63, 3.8) is 0 Å². The number of nitrogens with zero attached hydrogens (tertiary/aromatic N) is 2. The van der Waals surface area contributed by atoms with Crippen LogP contribution in [0, 0.1) is 33.8 Å². The number of rotatable bonds is 8. The van der Waals surface area contributed by atoms with Gasteiger partial charge >= 0.3 is 11.9 Å². The second-order valence-electron chi connectivity index (χ2n) is 10.7. The molecule has 2 amide bonds. The van der Waals surface area contributed by atoms with Gasteiger partial charge in [-0.3, -0.25) is 29.4 Å². The molecule has 3 fully saturated rings. The lowest BCUT2D eigenvalue weighted by Crippen LogP contribution is -2.32. The van der Waals surface area contributed by atoms with Gasteiger partial charge in [0, 0.05) is 17.7 Å². The Labute approximate surface area is 239 Å². The highest BCUT2D eigenvalue weighted by Crippen LogP contribution is 2.56. The van der Waals surface area contributed by atoms with Crippen LogP contribution in [-0.2, 0) is 14.3 Å². The highest BCUT2D eigenvalue weighted by Gasteiger charge is 2.61. The normalized spacial score (nSPS) is 22.1. The summed E-state index contributed by atoms with van der Waals surface area (Å²) in [6, 6.07) is 16.6. The average molecular weight is 569 g/mol. The molecule has 11 nitrogen and oxygen atoms in total. The van der Waals surface area contributed by atoms with Gasteiger partial charge in [0.25, 0.3) is 5.69 Å². The Morgan fingerprint density at radius 3 is 2.05 bits per heavy atom. The number of imide groups is 1. The van der Waals surface area contributed by atoms with Crippen molar-refractivity contribution in [3.05, 3.63) is 99.6 Å². The molecule has 1 saturated heterocycles. The van der Waals surface area contributed by atoms with Gasteiger partial charge in [-0.15, -0.1) is 0 Å². The van der Waals surface area contributed by atoms with Gasteiger partial charge in [0.1, 0.15) is 5.75 Å². The molecule has 0 N–H and O–H groups in total. The van der Waals surface area contributed by atoms with Crippen LogP contribution in [0.2, 0.25) is 0 Å². The van der Waals surface area contributed by atoms with E-state index in [1.165, 1.54) is 65.6 Å². The molecule has 3 aromatic carbocycles. The lowest BCUT2D eigenvalue weighted by atomic mass is 9.81. The van der Waals surface area contributed by atoms with E-state index >= 15 is 0 Å². The van der Waals surface area contributed by atoms with Gasteiger partial charge in [0.15, 0.2) is 12.4 Å². The lowest BCUT2D eigenvalue weighted by Gasteiger charge is -2.19. The number of Topliss-reactive ketones (excluding diaryl/α,β-unsaturated/α-hetero) is 1. The van der Waals surface area contributed by atoms with E-state index in [1.54, 1.807) is 12.1 Å². The summed E-state index contributed by atoms with van der Waals surface area (Å²) in [7, 11) is 0. The van der Waals surface area contributed by atoms with Crippen LogP contribution in [0.1, 0.15) is 50.3 Å². The first-order valence-electron chi connectivity index (χ1n) is 13.5. The summed E-state index contributed by atoms with van der Waals surface area (Å²) < 4.78 is 10.4. The summed E-state index contributed by atoms with van der Waals surface area (Å²) in [6.45, 7) is -0.555. The Morgan fingerprint density at radius 1 is 0.810 bits per heavy atom. The van der Waals surface area contributed by atoms with E-state index < -0.39 is 29.3 Å². The van der Waals surface area contributed by atoms with Crippen LogP contribution in [0.15, 0.2) is 72.8 Å². The second-order valence-corrected chi connectivity index (χ2v) is 10.7. The number of hydrogen-bond donors (Lipinski definition) is 0. The second kappa shape index (κ2) is 10.7. The van der Waals surface area contributed by atoms with Crippen LogP contribution >= 0.6 is 0 Å². The summed E-state index contributed by atoms with van der Waals surface area (Å²) in [5.41, 5.74) is 0.590. The van der Waals surface area contributed by atoms with Crippen molar-refractivity contribution in [1.82, 2.24) is 0 Å². The Balaban J connectivity index is 1.05. The van der Waals surface area contributed by atoms with Crippen molar-refractivity contribution in [1.29, 1.82) is 0 Å². The number of carbonyl (C=O) groups excluding carboxylic acids is 5. The number of nitro benzene ring substituents is 1. The standard InChI is InChI=1S/C31H24N2O9/c34-25(17-8-12-24(13-9-17)42-31(38)18-6-10-22(11-7-18)33(39)40)16-41-30(37)21-2-1-3-23(15-21)32-28(35)26-19-4-5-20(14-19)27(26)29(32)36/h1-3,6-13,15,19-20,26-27H,4-5,14,16H2. The molecule has 3 aliphatic rings. The first-order chi connectivity index (χ1) is 20.2. The maximum Gasteiger partial charge on any atom is 0.343 e. The molecule has 1 aliphatic heterocycles. The van der Waals surface area contributed by atoms with Crippen molar-refractivity contribution < 1.29 is 38.4 Å². The smallest absolute Gasteiger partial charge is 0.343 e. The van der Waals surface area contributed by atoms with E-state index in [0.717, 1.165) is 19.3 Å². The van der Waals surface area contributed by atoms with E-state index in [0.29, 0.717) is 5.69 Å². The van der Waals surface area contributed by atoms with Crippen LogP contribution < -0.4 is 9.64 Å². The highest BCUT2D eigenvalue weighted by atomic mass is 16.6. The summed E-state index contributed by atoms with van der Waals surface area (Å²) >= 11 is 0. The Kier molecular flexibility index (Phi) is 6.85. The predicted molar refractivity (Wildman–Crippen MR) is 146 cm³/mol. The third-order valence-corrected chi connectivity index (χ3v) is 8.30. The molecular formula is C31H24N2O9. The zero-order valence-electron chi connectivity index (χ0n) is 22.1. The van der Waals surface area contributed by atoms with Gasteiger partial charge < -0.3 is 9.47 Å². The number of ether oxygens (including phenoxy) is 2. The van der Waals surface area contributed by atoms with Crippen LogP contribution in [0.3, 0.4) is 0 Å². The molecule has 4 unspecified atom stereocenters. The van der Waals surface area contributed by atoms with Crippen molar-refractivity contribution >= 4 is 40.9 Å². The molecule has 2 saturated carbocycles. The topological polar surface area (TPSA) is 150 Å². The Bertz CT molecular complexity index is 1600. The van der Waals surface area contributed by atoms with Gasteiger partial charge in [-0.1, -0.05) is 6.07 Å². The minimum Gasteiger partial charge on any atom is -0.454 e. The minimum atomic E-state index is -0.779.